The molecule has 2 atom stereocenters. The van der Waals surface area contributed by atoms with Crippen LogP contribution in [0.1, 0.15) is 32.1 Å². The van der Waals surface area contributed by atoms with Crippen LogP contribution in [0.3, 0.4) is 0 Å². The molecule has 1 saturated carbocycles. The third-order valence-corrected chi connectivity index (χ3v) is 4.70. The molecule has 0 bridgehead atoms. The second-order valence-electron chi connectivity index (χ2n) is 4.57. The van der Waals surface area contributed by atoms with Crippen molar-refractivity contribution in [3.05, 3.63) is 0 Å². The fraction of sp³-hybridized carbons (Fsp3) is 0.900. The van der Waals surface area contributed by atoms with E-state index >= 15 is 0 Å². The summed E-state index contributed by atoms with van der Waals surface area (Å²) < 4.78 is 58.8. The molecule has 0 heterocycles. The fourth-order valence-electron chi connectivity index (χ4n) is 2.17. The summed E-state index contributed by atoms with van der Waals surface area (Å²) in [7, 11) is -3.27. The molecule has 0 N–H and O–H groups in total. The Morgan fingerprint density at radius 2 is 1.88 bits per heavy atom. The van der Waals surface area contributed by atoms with Gasteiger partial charge in [-0.05, 0) is 19.3 Å². The first-order valence-corrected chi connectivity index (χ1v) is 7.33. The first-order chi connectivity index (χ1) is 7.59. The van der Waals surface area contributed by atoms with Gasteiger partial charge in [0.25, 0.3) is 0 Å². The van der Waals surface area contributed by atoms with Crippen LogP contribution in [0.2, 0.25) is 0 Å². The molecule has 7 heteroatoms. The van der Waals surface area contributed by atoms with Crippen LogP contribution in [-0.4, -0.2) is 31.9 Å². The van der Waals surface area contributed by atoms with Crippen molar-refractivity contribution in [3.63, 3.8) is 0 Å². The smallest absolute Gasteiger partial charge is 0.299 e. The summed E-state index contributed by atoms with van der Waals surface area (Å²) in [4.78, 5) is 11.4. The Morgan fingerprint density at radius 3 is 2.35 bits per heavy atom. The molecule has 1 fully saturated rings. The van der Waals surface area contributed by atoms with Gasteiger partial charge in [0.05, 0.1) is 5.25 Å². The molecule has 0 aromatic rings. The van der Waals surface area contributed by atoms with Crippen LogP contribution in [0.15, 0.2) is 0 Å². The van der Waals surface area contributed by atoms with Gasteiger partial charge >= 0.3 is 6.18 Å². The summed E-state index contributed by atoms with van der Waals surface area (Å²) in [5.74, 6) is -1.64. The maximum Gasteiger partial charge on any atom is 0.395 e. The SMILES string of the molecule is CS(=O)(=O)C1CCCC(C(=O)CC(F)(F)F)C1. The van der Waals surface area contributed by atoms with Gasteiger partial charge in [-0.2, -0.15) is 13.2 Å². The molecule has 3 nitrogen and oxygen atoms in total. The summed E-state index contributed by atoms with van der Waals surface area (Å²) >= 11 is 0. The van der Waals surface area contributed by atoms with Gasteiger partial charge in [0.15, 0.2) is 0 Å². The van der Waals surface area contributed by atoms with E-state index in [1.165, 1.54) is 0 Å². The second kappa shape index (κ2) is 4.96. The number of rotatable bonds is 3. The molecule has 2 unspecified atom stereocenters. The fourth-order valence-corrected chi connectivity index (χ4v) is 3.34. The van der Waals surface area contributed by atoms with Gasteiger partial charge in [0, 0.05) is 12.2 Å². The minimum absolute atomic E-state index is 0.0355. The van der Waals surface area contributed by atoms with E-state index in [-0.39, 0.29) is 6.42 Å². The van der Waals surface area contributed by atoms with Crippen molar-refractivity contribution in [1.82, 2.24) is 0 Å². The van der Waals surface area contributed by atoms with E-state index in [4.69, 9.17) is 0 Å². The maximum absolute atomic E-state index is 12.1. The monoisotopic (exact) mass is 272 g/mol. The first-order valence-electron chi connectivity index (χ1n) is 5.38. The first kappa shape index (κ1) is 14.5. The number of sulfone groups is 1. The lowest BCUT2D eigenvalue weighted by Gasteiger charge is -2.27. The average Bonchev–Trinajstić information content (AvgIpc) is 2.14. The van der Waals surface area contributed by atoms with Crippen molar-refractivity contribution in [2.24, 2.45) is 5.92 Å². The van der Waals surface area contributed by atoms with Crippen LogP contribution in [0.25, 0.3) is 0 Å². The van der Waals surface area contributed by atoms with Crippen molar-refractivity contribution in [1.29, 1.82) is 0 Å². The van der Waals surface area contributed by atoms with Gasteiger partial charge in [0.2, 0.25) is 0 Å². The van der Waals surface area contributed by atoms with Crippen LogP contribution < -0.4 is 0 Å². The van der Waals surface area contributed by atoms with Gasteiger partial charge in [-0.15, -0.1) is 0 Å². The Kier molecular flexibility index (Phi) is 4.22. The number of Topliss-reactive ketones (excluding diaryl/α,β-unsaturated/α-hetero) is 1. The number of carbonyl (C=O) groups excluding carboxylic acids is 1. The summed E-state index contributed by atoms with van der Waals surface area (Å²) in [6.45, 7) is 0. The molecule has 1 aliphatic rings. The van der Waals surface area contributed by atoms with E-state index in [0.717, 1.165) is 6.26 Å². The predicted octanol–water partition coefficient (Wildman–Crippen LogP) is 2.11. The zero-order valence-electron chi connectivity index (χ0n) is 9.46. The third-order valence-electron chi connectivity index (χ3n) is 3.06. The van der Waals surface area contributed by atoms with E-state index in [2.05, 4.69) is 0 Å². The molecular weight excluding hydrogens is 257 g/mol. The lowest BCUT2D eigenvalue weighted by molar-refractivity contribution is -0.155. The molecule has 0 saturated heterocycles. The number of hydrogen-bond acceptors (Lipinski definition) is 3. The molecule has 17 heavy (non-hydrogen) atoms. The van der Waals surface area contributed by atoms with Gasteiger partial charge < -0.3 is 0 Å². The van der Waals surface area contributed by atoms with Gasteiger partial charge in [-0.1, -0.05) is 6.42 Å². The lowest BCUT2D eigenvalue weighted by Crippen LogP contribution is -2.32. The van der Waals surface area contributed by atoms with Crippen molar-refractivity contribution >= 4 is 15.6 Å². The van der Waals surface area contributed by atoms with Crippen LogP contribution in [0.4, 0.5) is 13.2 Å². The number of ketones is 1. The number of hydrogen-bond donors (Lipinski definition) is 0. The highest BCUT2D eigenvalue weighted by Crippen LogP contribution is 2.32. The molecule has 1 aliphatic carbocycles. The zero-order chi connectivity index (χ0) is 13.3. The molecule has 0 spiro atoms. The topological polar surface area (TPSA) is 51.2 Å². The Morgan fingerprint density at radius 1 is 1.29 bits per heavy atom. The van der Waals surface area contributed by atoms with Crippen LogP contribution in [0.5, 0.6) is 0 Å². The molecular formula is C10H15F3O3S. The molecule has 0 aromatic heterocycles. The molecule has 0 radical (unpaired) electrons. The minimum atomic E-state index is -4.50. The molecule has 1 rings (SSSR count). The highest BCUT2D eigenvalue weighted by Gasteiger charge is 2.38. The van der Waals surface area contributed by atoms with Crippen molar-refractivity contribution in [2.45, 2.75) is 43.5 Å². The largest absolute Gasteiger partial charge is 0.395 e. The quantitative estimate of drug-likeness (QED) is 0.790. The number of halogens is 3. The lowest BCUT2D eigenvalue weighted by atomic mass is 9.85. The summed E-state index contributed by atoms with van der Waals surface area (Å²) in [6, 6.07) is 0. The van der Waals surface area contributed by atoms with Crippen molar-refractivity contribution in [2.75, 3.05) is 6.26 Å². The molecule has 0 aliphatic heterocycles. The summed E-state index contributed by atoms with van der Waals surface area (Å²) in [5, 5.41) is -0.668. The van der Waals surface area contributed by atoms with Gasteiger partial charge in [-0.3, -0.25) is 4.79 Å². The standard InChI is InChI=1S/C10H15F3O3S/c1-17(15,16)8-4-2-3-7(5-8)9(14)6-10(11,12)13/h7-8H,2-6H2,1H3. The van der Waals surface area contributed by atoms with Crippen molar-refractivity contribution in [3.8, 4) is 0 Å². The van der Waals surface area contributed by atoms with E-state index in [1.54, 1.807) is 0 Å². The van der Waals surface area contributed by atoms with E-state index in [0.29, 0.717) is 19.3 Å². The Hall–Kier alpha value is -0.590. The Balaban J connectivity index is 2.64. The molecule has 0 aromatic carbocycles. The van der Waals surface area contributed by atoms with Gasteiger partial charge in [-0.25, -0.2) is 8.42 Å². The number of alkyl halides is 3. The van der Waals surface area contributed by atoms with Crippen LogP contribution in [-0.2, 0) is 14.6 Å². The highest BCUT2D eigenvalue weighted by atomic mass is 32.2. The van der Waals surface area contributed by atoms with Gasteiger partial charge in [0.1, 0.15) is 22.0 Å². The molecule has 100 valence electrons. The van der Waals surface area contributed by atoms with Crippen molar-refractivity contribution < 1.29 is 26.4 Å². The van der Waals surface area contributed by atoms with E-state index in [1.807, 2.05) is 0 Å². The number of carbonyl (C=O) groups is 1. The Labute approximate surface area is 98.3 Å². The minimum Gasteiger partial charge on any atom is -0.299 e. The molecule has 0 amide bonds. The third kappa shape index (κ3) is 4.65. The Bertz CT molecular complexity index is 386. The van der Waals surface area contributed by atoms with Crippen LogP contribution >= 0.6 is 0 Å². The van der Waals surface area contributed by atoms with Crippen LogP contribution in [0, 0.1) is 5.92 Å². The highest BCUT2D eigenvalue weighted by molar-refractivity contribution is 7.91. The zero-order valence-corrected chi connectivity index (χ0v) is 10.3. The maximum atomic E-state index is 12.1. The summed E-state index contributed by atoms with van der Waals surface area (Å²) in [5.41, 5.74) is 0. The normalized spacial score (nSPS) is 26.8. The summed E-state index contributed by atoms with van der Waals surface area (Å²) in [6.07, 6.45) is -3.56. The van der Waals surface area contributed by atoms with E-state index < -0.39 is 39.4 Å². The second-order valence-corrected chi connectivity index (χ2v) is 6.90. The van der Waals surface area contributed by atoms with E-state index in [9.17, 15) is 26.4 Å². The predicted molar refractivity (Wildman–Crippen MR) is 56.3 cm³/mol. The average molecular weight is 272 g/mol.